The van der Waals surface area contributed by atoms with Crippen molar-refractivity contribution in [2.45, 2.75) is 129 Å². The minimum absolute atomic E-state index is 0.119. The molecule has 3 heteroatoms. The summed E-state index contributed by atoms with van der Waals surface area (Å²) in [5, 5.41) is 1.14. The van der Waals surface area contributed by atoms with Crippen molar-refractivity contribution in [3.63, 3.8) is 0 Å². The van der Waals surface area contributed by atoms with Crippen molar-refractivity contribution in [3.05, 3.63) is 11.6 Å². The minimum atomic E-state index is -0.119. The van der Waals surface area contributed by atoms with E-state index in [0.717, 1.165) is 24.6 Å². The predicted octanol–water partition coefficient (Wildman–Crippen LogP) is 8.91. The molecule has 0 aliphatic heterocycles. The first-order valence-electron chi connectivity index (χ1n) is 12.2. The lowest BCUT2D eigenvalue weighted by Gasteiger charge is -2.08. The standard InChI is InChI=1S/C25H47BrO2/c1-3-5-7-13-16-20-24(19-6-4-2)23-25(27)28-22-18-15-12-10-8-9-11-14-17-21-26/h23H,3-22H2,1-2H3/b24-23+. The summed E-state index contributed by atoms with van der Waals surface area (Å²) in [4.78, 5) is 12.1. The molecule has 0 radical (unpaired) electrons. The highest BCUT2D eigenvalue weighted by atomic mass is 79.9. The number of carbonyl (C=O) groups excluding carboxylic acids is 1. The van der Waals surface area contributed by atoms with E-state index >= 15 is 0 Å². The van der Waals surface area contributed by atoms with E-state index in [2.05, 4.69) is 29.8 Å². The highest BCUT2D eigenvalue weighted by molar-refractivity contribution is 9.09. The van der Waals surface area contributed by atoms with Crippen LogP contribution in [0.1, 0.15) is 129 Å². The molecule has 0 aromatic carbocycles. The Labute approximate surface area is 184 Å². The topological polar surface area (TPSA) is 26.3 Å². The molecule has 0 N–H and O–H groups in total. The highest BCUT2D eigenvalue weighted by Gasteiger charge is 2.04. The summed E-state index contributed by atoms with van der Waals surface area (Å²) in [6.07, 6.45) is 24.2. The van der Waals surface area contributed by atoms with Crippen LogP contribution in [0.5, 0.6) is 0 Å². The van der Waals surface area contributed by atoms with E-state index < -0.39 is 0 Å². The Bertz CT molecular complexity index is 366. The summed E-state index contributed by atoms with van der Waals surface area (Å²) in [5.74, 6) is -0.119. The van der Waals surface area contributed by atoms with Crippen molar-refractivity contribution in [1.82, 2.24) is 0 Å². The van der Waals surface area contributed by atoms with Gasteiger partial charge in [0.15, 0.2) is 0 Å². The third-order valence-electron chi connectivity index (χ3n) is 5.30. The van der Waals surface area contributed by atoms with Crippen molar-refractivity contribution in [3.8, 4) is 0 Å². The van der Waals surface area contributed by atoms with Gasteiger partial charge in [0.1, 0.15) is 0 Å². The Hall–Kier alpha value is -0.310. The summed E-state index contributed by atoms with van der Waals surface area (Å²) < 4.78 is 5.45. The van der Waals surface area contributed by atoms with E-state index in [1.54, 1.807) is 6.08 Å². The third-order valence-corrected chi connectivity index (χ3v) is 5.86. The fourth-order valence-electron chi connectivity index (χ4n) is 3.44. The van der Waals surface area contributed by atoms with Crippen molar-refractivity contribution >= 4 is 21.9 Å². The monoisotopic (exact) mass is 458 g/mol. The number of ether oxygens (including phenoxy) is 1. The Morgan fingerprint density at radius 2 is 1.18 bits per heavy atom. The van der Waals surface area contributed by atoms with E-state index in [0.29, 0.717) is 6.61 Å². The van der Waals surface area contributed by atoms with Crippen LogP contribution in [-0.2, 0) is 9.53 Å². The van der Waals surface area contributed by atoms with Crippen LogP contribution in [-0.4, -0.2) is 17.9 Å². The van der Waals surface area contributed by atoms with Gasteiger partial charge in [0.25, 0.3) is 0 Å². The lowest BCUT2D eigenvalue weighted by atomic mass is 10.0. The van der Waals surface area contributed by atoms with Crippen molar-refractivity contribution in [1.29, 1.82) is 0 Å². The summed E-state index contributed by atoms with van der Waals surface area (Å²) in [5.41, 5.74) is 1.29. The maximum absolute atomic E-state index is 12.1. The first kappa shape index (κ1) is 27.7. The zero-order valence-electron chi connectivity index (χ0n) is 18.9. The number of alkyl halides is 1. The normalized spacial score (nSPS) is 11.8. The van der Waals surface area contributed by atoms with Gasteiger partial charge >= 0.3 is 5.97 Å². The number of esters is 1. The molecule has 0 aliphatic carbocycles. The second-order valence-corrected chi connectivity index (χ2v) is 8.90. The fraction of sp³-hybridized carbons (Fsp3) is 0.880. The molecule has 0 amide bonds. The molecule has 166 valence electrons. The molecule has 0 spiro atoms. The average molecular weight is 460 g/mol. The number of carbonyl (C=O) groups is 1. The number of unbranched alkanes of at least 4 members (excludes halogenated alkanes) is 13. The molecular formula is C25H47BrO2. The molecule has 0 aliphatic rings. The molecule has 0 fully saturated rings. The first-order chi connectivity index (χ1) is 13.7. The van der Waals surface area contributed by atoms with Crippen molar-refractivity contribution in [2.24, 2.45) is 0 Å². The Morgan fingerprint density at radius 3 is 1.79 bits per heavy atom. The van der Waals surface area contributed by atoms with E-state index in [-0.39, 0.29) is 5.97 Å². The van der Waals surface area contributed by atoms with Gasteiger partial charge in [0.2, 0.25) is 0 Å². The van der Waals surface area contributed by atoms with Crippen LogP contribution in [0, 0.1) is 0 Å². The van der Waals surface area contributed by atoms with Crippen LogP contribution >= 0.6 is 15.9 Å². The largest absolute Gasteiger partial charge is 0.463 e. The molecule has 2 nitrogen and oxygen atoms in total. The van der Waals surface area contributed by atoms with Gasteiger partial charge in [0, 0.05) is 11.4 Å². The van der Waals surface area contributed by atoms with Crippen LogP contribution in [0.25, 0.3) is 0 Å². The lowest BCUT2D eigenvalue weighted by molar-refractivity contribution is -0.137. The molecule has 0 saturated heterocycles. The van der Waals surface area contributed by atoms with E-state index in [1.807, 2.05) is 0 Å². The first-order valence-corrected chi connectivity index (χ1v) is 13.3. The van der Waals surface area contributed by atoms with Crippen molar-refractivity contribution in [2.75, 3.05) is 11.9 Å². The van der Waals surface area contributed by atoms with Crippen LogP contribution in [0.4, 0.5) is 0 Å². The summed E-state index contributed by atoms with van der Waals surface area (Å²) in [7, 11) is 0. The second-order valence-electron chi connectivity index (χ2n) is 8.11. The summed E-state index contributed by atoms with van der Waals surface area (Å²) >= 11 is 3.48. The smallest absolute Gasteiger partial charge is 0.330 e. The molecule has 0 saturated carbocycles. The molecule has 0 aromatic heterocycles. The Balaban J connectivity index is 3.77. The second kappa shape index (κ2) is 23.0. The SMILES string of the molecule is CCCCCCC/C(=C/C(=O)OCCCCCCCCCCCBr)CCCC. The van der Waals surface area contributed by atoms with Crippen LogP contribution < -0.4 is 0 Å². The number of hydrogen-bond acceptors (Lipinski definition) is 2. The quantitative estimate of drug-likeness (QED) is 0.0741. The molecule has 0 aromatic rings. The van der Waals surface area contributed by atoms with Gasteiger partial charge < -0.3 is 4.74 Å². The van der Waals surface area contributed by atoms with Gasteiger partial charge in [-0.1, -0.05) is 112 Å². The predicted molar refractivity (Wildman–Crippen MR) is 127 cm³/mol. The molecule has 0 heterocycles. The van der Waals surface area contributed by atoms with Crippen LogP contribution in [0.3, 0.4) is 0 Å². The Morgan fingerprint density at radius 1 is 0.679 bits per heavy atom. The molecule has 28 heavy (non-hydrogen) atoms. The van der Waals surface area contributed by atoms with Gasteiger partial charge in [-0.25, -0.2) is 4.79 Å². The Kier molecular flexibility index (Phi) is 22.7. The molecular weight excluding hydrogens is 412 g/mol. The lowest BCUT2D eigenvalue weighted by Crippen LogP contribution is -2.04. The van der Waals surface area contributed by atoms with E-state index in [4.69, 9.17) is 4.74 Å². The third kappa shape index (κ3) is 20.4. The van der Waals surface area contributed by atoms with Gasteiger partial charge in [-0.05, 0) is 38.5 Å². The van der Waals surface area contributed by atoms with Gasteiger partial charge in [-0.15, -0.1) is 0 Å². The summed E-state index contributed by atoms with van der Waals surface area (Å²) in [6, 6.07) is 0. The average Bonchev–Trinajstić information content (AvgIpc) is 2.69. The molecule has 0 unspecified atom stereocenters. The van der Waals surface area contributed by atoms with E-state index in [1.165, 1.54) is 102 Å². The van der Waals surface area contributed by atoms with Gasteiger partial charge in [0.05, 0.1) is 6.61 Å². The van der Waals surface area contributed by atoms with Gasteiger partial charge in [-0.3, -0.25) is 0 Å². The molecule has 0 atom stereocenters. The number of halogens is 1. The van der Waals surface area contributed by atoms with E-state index in [9.17, 15) is 4.79 Å². The molecule has 0 bridgehead atoms. The number of allylic oxidation sites excluding steroid dienone is 1. The minimum Gasteiger partial charge on any atom is -0.463 e. The van der Waals surface area contributed by atoms with Crippen LogP contribution in [0.15, 0.2) is 11.6 Å². The zero-order valence-corrected chi connectivity index (χ0v) is 20.5. The van der Waals surface area contributed by atoms with Crippen LogP contribution in [0.2, 0.25) is 0 Å². The fourth-order valence-corrected chi connectivity index (χ4v) is 3.84. The maximum atomic E-state index is 12.1. The highest BCUT2D eigenvalue weighted by Crippen LogP contribution is 2.17. The van der Waals surface area contributed by atoms with Crippen molar-refractivity contribution < 1.29 is 9.53 Å². The molecule has 0 rings (SSSR count). The zero-order chi connectivity index (χ0) is 20.7. The van der Waals surface area contributed by atoms with Gasteiger partial charge in [-0.2, -0.15) is 0 Å². The number of rotatable bonds is 21. The maximum Gasteiger partial charge on any atom is 0.330 e. The number of hydrogen-bond donors (Lipinski definition) is 0. The summed E-state index contributed by atoms with van der Waals surface area (Å²) in [6.45, 7) is 5.04.